The van der Waals surface area contributed by atoms with E-state index in [0.717, 1.165) is 155 Å². The summed E-state index contributed by atoms with van der Waals surface area (Å²) in [5.74, 6) is 0. The van der Waals surface area contributed by atoms with Crippen LogP contribution in [0.5, 0.6) is 0 Å². The number of aryl methyl sites for hydroxylation is 12. The molecule has 0 saturated heterocycles. The van der Waals surface area contributed by atoms with Gasteiger partial charge in [0.15, 0.2) is 24.8 Å². The van der Waals surface area contributed by atoms with Crippen molar-refractivity contribution in [1.29, 1.82) is 0 Å². The van der Waals surface area contributed by atoms with E-state index in [0.29, 0.717) is 22.3 Å². The third kappa shape index (κ3) is 12.9. The van der Waals surface area contributed by atoms with E-state index in [9.17, 15) is 0 Å². The number of hydrogen-bond acceptors (Lipinski definition) is 4. The lowest BCUT2D eigenvalue weighted by atomic mass is 9.91. The molecule has 0 N–H and O–H groups in total. The van der Waals surface area contributed by atoms with Crippen LogP contribution in [-0.4, -0.2) is 0 Å². The molecule has 23 aromatic rings. The molecule has 0 aliphatic heterocycles. The summed E-state index contributed by atoms with van der Waals surface area (Å²) in [6.45, 7) is 8.32. The summed E-state index contributed by atoms with van der Waals surface area (Å²) in [6, 6.07) is 108. The molecular formula is C114H92N4O4+4. The fraction of sp³-hybridized carbons (Fsp3) is 0.105. The zero-order valence-electron chi connectivity index (χ0n) is 75.8. The Balaban J connectivity index is 0.000000108. The third-order valence-electron chi connectivity index (χ3n) is 24.8. The monoisotopic (exact) mass is 1590 g/mol. The standard InChI is InChI=1S/C31H26NO.2C30H24NO.C23H18NO/c1-19-13-15-22(16-14-19)26-17-27(32(4)18-20(26)2)29-21(3)23-9-5-6-10-24(23)30-25-11-7-8-12-28(25)33-31(29)30;1-19-12-14-21(15-13-19)22-16-17-31(3)26(18-22)28-20(2)23-8-4-5-9-24(23)29-25-10-6-7-11-27(25)32-30(28)29;1-19-18-31(3)26(17-25(19)21-11-5-4-6-12-21)28-20(2)22-13-7-8-14-23(22)29-24-15-9-10-16-27(24)32-30(28)29;1-15-16-9-3-4-10-17(16)23-22(18-11-5-6-13-20(18)25-23)21(15)19-12-7-8-14-24(19)2/h5-18H,1-4H3;2*4-18H,1-3H3;3-14H,1-2H3/q4*+1/i2D3;;1D3;. The summed E-state index contributed by atoms with van der Waals surface area (Å²) in [6.07, 6.45) is 7.74. The van der Waals surface area contributed by atoms with E-state index in [1.165, 1.54) is 76.8 Å². The van der Waals surface area contributed by atoms with Crippen molar-refractivity contribution < 1.29 is 44.2 Å². The molecule has 8 heterocycles. The molecule has 0 aliphatic carbocycles. The lowest BCUT2D eigenvalue weighted by Gasteiger charge is -2.13. The molecule has 8 aromatic heterocycles. The fourth-order valence-electron chi connectivity index (χ4n) is 18.7. The Morgan fingerprint density at radius 2 is 0.549 bits per heavy atom. The molecule has 0 bridgehead atoms. The van der Waals surface area contributed by atoms with Crippen molar-refractivity contribution in [3.05, 3.63) is 385 Å². The van der Waals surface area contributed by atoms with Gasteiger partial charge >= 0.3 is 0 Å². The van der Waals surface area contributed by atoms with Crippen molar-refractivity contribution in [3.63, 3.8) is 0 Å². The maximum absolute atomic E-state index is 8.23. The van der Waals surface area contributed by atoms with Crippen LogP contribution in [-0.2, 0) is 28.2 Å². The molecule has 0 radical (unpaired) electrons. The molecule has 0 fully saturated rings. The average Bonchev–Trinajstić information content (AvgIpc) is 1.53. The topological polar surface area (TPSA) is 68.1 Å². The molecule has 588 valence electrons. The SMILES string of the molecule is Cc1c(-c2cccc[n+]2C)c2c3ccccc3oc2c2ccccc12.Cc1ccc(-c2cc[n+](C)c(-c3c(C)c4ccccc4c4c3oc3ccccc34)c2)cc1.[2H]C([2H])([2H])c1c[n+](C)c(-c2c(C)c3ccccc3c3c2oc2ccccc23)cc1-c1ccc(C)cc1.[2H]C([2H])([2H])c1c[n+](C)c(-c2c(C)c3ccccc3c3c2oc2ccccc23)cc1-c1ccccc1. The number of benzene rings is 15. The minimum Gasteiger partial charge on any atom is -0.455 e. The van der Waals surface area contributed by atoms with E-state index < -0.39 is 13.7 Å². The maximum Gasteiger partial charge on any atom is 0.217 e. The summed E-state index contributed by atoms with van der Waals surface area (Å²) < 4.78 is 83.3. The van der Waals surface area contributed by atoms with E-state index in [-0.39, 0.29) is 0 Å². The second kappa shape index (κ2) is 30.8. The third-order valence-corrected chi connectivity index (χ3v) is 24.8. The number of hydrogen-bond donors (Lipinski definition) is 0. The van der Waals surface area contributed by atoms with Crippen molar-refractivity contribution >= 4 is 131 Å². The molecule has 0 aliphatic rings. The number of fused-ring (bicyclic) bond motifs is 20. The van der Waals surface area contributed by atoms with Gasteiger partial charge in [0.05, 0.1) is 22.3 Å². The van der Waals surface area contributed by atoms with E-state index in [1.807, 2.05) is 151 Å². The molecule has 0 saturated carbocycles. The highest BCUT2D eigenvalue weighted by molar-refractivity contribution is 6.27. The molecule has 0 atom stereocenters. The van der Waals surface area contributed by atoms with E-state index in [2.05, 4.69) is 264 Å². The highest BCUT2D eigenvalue weighted by atomic mass is 16.3. The second-order valence-corrected chi connectivity index (χ2v) is 32.3. The van der Waals surface area contributed by atoms with Crippen LogP contribution in [0.25, 0.3) is 209 Å². The number of pyridine rings is 4. The van der Waals surface area contributed by atoms with Gasteiger partial charge in [0, 0.05) is 104 Å². The zero-order valence-corrected chi connectivity index (χ0v) is 69.8. The number of para-hydroxylation sites is 4. The Kier molecular flexibility index (Phi) is 17.5. The van der Waals surface area contributed by atoms with Crippen LogP contribution in [0.2, 0.25) is 0 Å². The summed E-state index contributed by atoms with van der Waals surface area (Å²) in [7, 11) is 8.02. The number of nitrogens with zero attached hydrogens (tertiary/aromatic N) is 4. The minimum atomic E-state index is -2.25. The Morgan fingerprint density at radius 1 is 0.230 bits per heavy atom. The van der Waals surface area contributed by atoms with Gasteiger partial charge in [0.1, 0.15) is 72.9 Å². The van der Waals surface area contributed by atoms with Crippen LogP contribution >= 0.6 is 0 Å². The van der Waals surface area contributed by atoms with Crippen LogP contribution < -0.4 is 18.3 Å². The van der Waals surface area contributed by atoms with E-state index in [4.69, 9.17) is 25.9 Å². The first-order valence-corrected chi connectivity index (χ1v) is 41.5. The predicted molar refractivity (Wildman–Crippen MR) is 506 cm³/mol. The molecular weight excluding hydrogens is 1490 g/mol. The predicted octanol–water partition coefficient (Wildman–Crippen LogP) is 28.4. The smallest absolute Gasteiger partial charge is 0.217 e. The normalized spacial score (nSPS) is 12.5. The Morgan fingerprint density at radius 3 is 0.967 bits per heavy atom. The quantitative estimate of drug-likeness (QED) is 0.149. The molecule has 0 amide bonds. The van der Waals surface area contributed by atoms with Crippen molar-refractivity contribution in [3.8, 4) is 78.4 Å². The van der Waals surface area contributed by atoms with E-state index in [1.54, 1.807) is 12.4 Å². The number of rotatable bonds is 7. The Bertz CT molecular complexity index is 8400. The van der Waals surface area contributed by atoms with Gasteiger partial charge in [0.2, 0.25) is 22.8 Å². The lowest BCUT2D eigenvalue weighted by molar-refractivity contribution is -0.660. The van der Waals surface area contributed by atoms with E-state index >= 15 is 0 Å². The van der Waals surface area contributed by atoms with Crippen LogP contribution in [0.15, 0.2) is 358 Å². The highest BCUT2D eigenvalue weighted by Gasteiger charge is 2.31. The van der Waals surface area contributed by atoms with Crippen LogP contribution in [0.4, 0.5) is 0 Å². The first-order chi connectivity index (χ1) is 61.9. The summed E-state index contributed by atoms with van der Waals surface area (Å²) in [5, 5.41) is 18.6. The molecule has 0 unspecified atom stereocenters. The molecule has 15 aromatic carbocycles. The summed E-state index contributed by atoms with van der Waals surface area (Å²) >= 11 is 0. The average molecular weight is 1590 g/mol. The minimum absolute atomic E-state index is 0.328. The molecule has 0 spiro atoms. The first kappa shape index (κ1) is 69.1. The van der Waals surface area contributed by atoms with Gasteiger partial charge in [-0.2, -0.15) is 0 Å². The molecule has 8 heteroatoms. The lowest BCUT2D eigenvalue weighted by Crippen LogP contribution is -2.31. The Hall–Kier alpha value is -14.9. The van der Waals surface area contributed by atoms with Gasteiger partial charge in [-0.25, -0.2) is 18.3 Å². The van der Waals surface area contributed by atoms with Gasteiger partial charge in [-0.15, -0.1) is 0 Å². The Labute approximate surface area is 717 Å². The fourth-order valence-corrected chi connectivity index (χ4v) is 18.7. The number of aromatic nitrogens is 4. The molecule has 8 nitrogen and oxygen atoms in total. The highest BCUT2D eigenvalue weighted by Crippen LogP contribution is 2.49. The molecule has 23 rings (SSSR count). The van der Waals surface area contributed by atoms with Crippen LogP contribution in [0.1, 0.15) is 52.7 Å². The van der Waals surface area contributed by atoms with Crippen molar-refractivity contribution in [2.24, 2.45) is 28.2 Å². The van der Waals surface area contributed by atoms with Crippen molar-refractivity contribution in [2.75, 3.05) is 0 Å². The maximum atomic E-state index is 8.23. The van der Waals surface area contributed by atoms with Gasteiger partial charge in [-0.3, -0.25) is 0 Å². The van der Waals surface area contributed by atoms with Gasteiger partial charge in [0.25, 0.3) is 0 Å². The van der Waals surface area contributed by atoms with Crippen LogP contribution in [0.3, 0.4) is 0 Å². The first-order valence-electron chi connectivity index (χ1n) is 44.5. The largest absolute Gasteiger partial charge is 0.455 e. The second-order valence-electron chi connectivity index (χ2n) is 32.3. The summed E-state index contributed by atoms with van der Waals surface area (Å²) in [5.41, 5.74) is 29.0. The summed E-state index contributed by atoms with van der Waals surface area (Å²) in [4.78, 5) is 0. The number of furan rings is 4. The van der Waals surface area contributed by atoms with Crippen molar-refractivity contribution in [2.45, 2.75) is 55.2 Å². The van der Waals surface area contributed by atoms with Crippen molar-refractivity contribution in [1.82, 2.24) is 0 Å². The van der Waals surface area contributed by atoms with Crippen LogP contribution in [0, 0.1) is 55.2 Å². The molecule has 122 heavy (non-hydrogen) atoms. The van der Waals surface area contributed by atoms with Gasteiger partial charge < -0.3 is 17.7 Å². The zero-order chi connectivity index (χ0) is 88.3. The van der Waals surface area contributed by atoms with Gasteiger partial charge in [-0.05, 0) is 179 Å². The van der Waals surface area contributed by atoms with Gasteiger partial charge in [-0.1, -0.05) is 260 Å².